The van der Waals surface area contributed by atoms with Gasteiger partial charge in [0.2, 0.25) is 0 Å². The van der Waals surface area contributed by atoms with Crippen molar-refractivity contribution in [1.82, 2.24) is 39.0 Å². The zero-order valence-electron chi connectivity index (χ0n) is 45.7. The van der Waals surface area contributed by atoms with E-state index in [4.69, 9.17) is 24.0 Å². The molecule has 20 heteroatoms. The molecule has 9 aromatic rings. The Balaban J connectivity index is 0.000000220. The Morgan fingerprint density at radius 1 is 0.659 bits per heavy atom. The maximum atomic E-state index is 13.9. The van der Waals surface area contributed by atoms with E-state index in [-0.39, 0.29) is 86.8 Å². The van der Waals surface area contributed by atoms with E-state index < -0.39 is 37.3 Å². The Bertz CT molecular complexity index is 3480. The molecule has 414 valence electrons. The van der Waals surface area contributed by atoms with Gasteiger partial charge in [0, 0.05) is 66.2 Å². The first-order valence-corrected chi connectivity index (χ1v) is 26.7. The van der Waals surface area contributed by atoms with Crippen molar-refractivity contribution in [1.29, 1.82) is 0 Å². The molecule has 0 bridgehead atoms. The summed E-state index contributed by atoms with van der Waals surface area (Å²) in [7, 11) is -0.625. The number of nitrogens with zero attached hydrogens (tertiary/aromatic N) is 8. The molecule has 82 heavy (non-hydrogen) atoms. The summed E-state index contributed by atoms with van der Waals surface area (Å²) in [5.41, 5.74) is 7.57. The van der Waals surface area contributed by atoms with E-state index in [2.05, 4.69) is 24.5 Å². The number of benzene rings is 5. The predicted octanol–water partition coefficient (Wildman–Crippen LogP) is 8.58. The zero-order valence-corrected chi connectivity index (χ0v) is 47.9. The number of esters is 1. The van der Waals surface area contributed by atoms with E-state index in [0.29, 0.717) is 65.8 Å². The van der Waals surface area contributed by atoms with Gasteiger partial charge in [0.15, 0.2) is 0 Å². The number of rotatable bonds is 19. The second-order valence-corrected chi connectivity index (χ2v) is 20.5. The summed E-state index contributed by atoms with van der Waals surface area (Å²) in [4.78, 5) is 50.7. The van der Waals surface area contributed by atoms with Crippen LogP contribution in [0.3, 0.4) is 0 Å². The standard InChI is InChI=1S/C36H36BFN4O4.C26H25FN4O4.Ca/c1-36(2,3)44-32(43)23-30-22-29(45-37(46-30)27-12-8-5-9-13-27)19-21-42-34(31-18-20-39-24-40-31)33(25-14-16-28(38)17-15-25)41-35(42)26-10-6-4-7-11-26;27-19-8-6-17(7-9-19)24-25(22-10-12-28-16-29-22)31(26(30-24)18-4-2-1-3-5-18)13-11-20(32)14-21(33)15-23(34)35;/h4-18,20,24,29-30H,19,21-23H2,1-3H3;1-10,12,16,20-21,32-33H,11,13-15H2,(H,34,35);/q;;+2/p-1/t29-,30-;20-,21-;/m11./s1. The molecular weight excluding hydrogens is 1070 g/mol. The van der Waals surface area contributed by atoms with Crippen LogP contribution in [0.4, 0.5) is 8.78 Å². The molecule has 1 fully saturated rings. The molecule has 0 amide bonds. The van der Waals surface area contributed by atoms with Crippen molar-refractivity contribution in [3.05, 3.63) is 188 Å². The van der Waals surface area contributed by atoms with Gasteiger partial charge >= 0.3 is 50.8 Å². The van der Waals surface area contributed by atoms with E-state index in [9.17, 15) is 33.7 Å². The number of aliphatic hydroxyl groups excluding tert-OH is 2. The zero-order chi connectivity index (χ0) is 56.9. The number of aliphatic carboxylic acids is 1. The molecule has 0 aliphatic carbocycles. The van der Waals surface area contributed by atoms with Crippen LogP contribution in [-0.4, -0.2) is 136 Å². The van der Waals surface area contributed by atoms with Crippen LogP contribution < -0.4 is 10.6 Å². The number of ether oxygens (including phenoxy) is 1. The maximum Gasteiger partial charge on any atom is 2.00 e. The van der Waals surface area contributed by atoms with Crippen molar-refractivity contribution < 1.29 is 47.7 Å². The summed E-state index contributed by atoms with van der Waals surface area (Å²) >= 11 is 0. The molecule has 1 aliphatic rings. The molecule has 16 nitrogen and oxygen atoms in total. The van der Waals surface area contributed by atoms with E-state index in [1.165, 1.54) is 36.9 Å². The molecule has 2 N–H and O–H groups in total. The van der Waals surface area contributed by atoms with E-state index in [1.807, 2.05) is 122 Å². The summed E-state index contributed by atoms with van der Waals surface area (Å²) in [6, 6.07) is 45.2. The Kier molecular flexibility index (Phi) is 21.2. The van der Waals surface area contributed by atoms with Crippen molar-refractivity contribution in [2.75, 3.05) is 0 Å². The number of hydrogen-bond donors (Lipinski definition) is 2. The normalized spacial score (nSPS) is 14.9. The number of hydrogen-bond acceptors (Lipinski definition) is 14. The minimum Gasteiger partial charge on any atom is -0.550 e. The minimum atomic E-state index is -1.37. The molecular formula is C62H60BCaF2N8O8+. The van der Waals surface area contributed by atoms with Gasteiger partial charge in [-0.1, -0.05) is 91.0 Å². The third-order valence-electron chi connectivity index (χ3n) is 13.2. The summed E-state index contributed by atoms with van der Waals surface area (Å²) in [6.07, 6.45) is 4.30. The third kappa shape index (κ3) is 16.2. The van der Waals surface area contributed by atoms with Crippen LogP contribution in [0.1, 0.15) is 59.3 Å². The van der Waals surface area contributed by atoms with Crippen molar-refractivity contribution in [3.8, 4) is 68.1 Å². The first-order chi connectivity index (χ1) is 39.2. The fourth-order valence-corrected chi connectivity index (χ4v) is 9.65. The van der Waals surface area contributed by atoms with Crippen LogP contribution in [0.5, 0.6) is 0 Å². The summed E-state index contributed by atoms with van der Waals surface area (Å²) < 4.78 is 50.1. The molecule has 0 radical (unpaired) electrons. The summed E-state index contributed by atoms with van der Waals surface area (Å²) in [6.45, 7) is 6.41. The van der Waals surface area contributed by atoms with Crippen molar-refractivity contribution in [3.63, 3.8) is 0 Å². The van der Waals surface area contributed by atoms with Gasteiger partial charge in [-0.05, 0) is 113 Å². The maximum absolute atomic E-state index is 13.9. The fraction of sp³-hybridized carbons (Fsp3) is 0.258. The number of halogens is 2. The number of carbonyl (C=O) groups is 2. The molecule has 10 rings (SSSR count). The number of aliphatic hydroxyl groups is 2. The first-order valence-electron chi connectivity index (χ1n) is 26.7. The first kappa shape index (κ1) is 60.7. The monoisotopic (exact) mass is 1130 g/mol. The molecule has 5 heterocycles. The summed E-state index contributed by atoms with van der Waals surface area (Å²) in [5.74, 6) is -0.980. The average Bonchev–Trinajstić information content (AvgIpc) is 3.39. The Morgan fingerprint density at radius 3 is 1.60 bits per heavy atom. The average molecular weight is 1130 g/mol. The van der Waals surface area contributed by atoms with Crippen molar-refractivity contribution in [2.24, 2.45) is 0 Å². The molecule has 0 unspecified atom stereocenters. The van der Waals surface area contributed by atoms with Gasteiger partial charge < -0.3 is 43.3 Å². The Morgan fingerprint density at radius 2 is 1.13 bits per heavy atom. The quantitative estimate of drug-likeness (QED) is 0.0574. The molecule has 5 aromatic carbocycles. The van der Waals surface area contributed by atoms with E-state index in [0.717, 1.165) is 33.7 Å². The van der Waals surface area contributed by atoms with Gasteiger partial charge in [0.05, 0.1) is 58.9 Å². The largest absolute Gasteiger partial charge is 2.00 e. The Hall–Kier alpha value is -7.36. The van der Waals surface area contributed by atoms with Crippen LogP contribution in [0, 0.1) is 11.6 Å². The second-order valence-electron chi connectivity index (χ2n) is 20.5. The number of carboxylic acids is 1. The van der Waals surface area contributed by atoms with Gasteiger partial charge in [0.25, 0.3) is 0 Å². The van der Waals surface area contributed by atoms with Gasteiger partial charge in [-0.3, -0.25) is 4.79 Å². The molecule has 4 aromatic heterocycles. The molecule has 4 atom stereocenters. The summed E-state index contributed by atoms with van der Waals surface area (Å²) in [5, 5.41) is 31.1. The SMILES string of the molecule is CC(C)(C)OC(=O)C[C@H]1C[C@@H](CCn2c(-c3ccccc3)nc(-c3ccc(F)cc3)c2-c2ccncn2)OB(c2ccccc2)O1.O=C([O-])C[C@H](O)C[C@H](O)CCn1c(-c2ccccc2)nc(-c2ccc(F)cc2)c1-c1ccncn1.[Ca+2]. The van der Waals surface area contributed by atoms with Crippen LogP contribution in [0.2, 0.25) is 0 Å². The molecule has 0 saturated carbocycles. The van der Waals surface area contributed by atoms with Gasteiger partial charge in [-0.25, -0.2) is 38.7 Å². The molecule has 0 spiro atoms. The fourth-order valence-electron chi connectivity index (χ4n) is 9.65. The van der Waals surface area contributed by atoms with Gasteiger partial charge in [0.1, 0.15) is 41.5 Å². The van der Waals surface area contributed by atoms with Gasteiger partial charge in [-0.2, -0.15) is 0 Å². The van der Waals surface area contributed by atoms with E-state index in [1.54, 1.807) is 42.7 Å². The van der Waals surface area contributed by atoms with Crippen LogP contribution in [0.25, 0.3) is 68.1 Å². The number of carboxylic acid groups (broad SMARTS) is 1. The third-order valence-corrected chi connectivity index (χ3v) is 13.2. The van der Waals surface area contributed by atoms with Crippen molar-refractivity contribution in [2.45, 2.75) is 102 Å². The predicted molar refractivity (Wildman–Crippen MR) is 306 cm³/mol. The number of imidazole rings is 2. The smallest absolute Gasteiger partial charge is 0.550 e. The van der Waals surface area contributed by atoms with Crippen molar-refractivity contribution >= 4 is 62.3 Å². The second kappa shape index (κ2) is 28.6. The topological polar surface area (TPSA) is 213 Å². The van der Waals surface area contributed by atoms with E-state index >= 15 is 0 Å². The molecule has 1 aliphatic heterocycles. The van der Waals surface area contributed by atoms with Crippen LogP contribution in [-0.2, 0) is 36.7 Å². The van der Waals surface area contributed by atoms with Crippen LogP contribution >= 0.6 is 0 Å². The minimum absolute atomic E-state index is 0. The number of carbonyl (C=O) groups excluding carboxylic acids is 2. The number of aromatic nitrogens is 8. The van der Waals surface area contributed by atoms with Crippen LogP contribution in [0.15, 0.2) is 177 Å². The molecule has 1 saturated heterocycles. The van der Waals surface area contributed by atoms with Gasteiger partial charge in [-0.15, -0.1) is 0 Å². The Labute approximate surface area is 504 Å².